The third-order valence-electron chi connectivity index (χ3n) is 8.22. The predicted octanol–water partition coefficient (Wildman–Crippen LogP) is 8.43. The van der Waals surface area contributed by atoms with Gasteiger partial charge in [0.15, 0.2) is 8.32 Å². The van der Waals surface area contributed by atoms with Crippen molar-refractivity contribution in [3.63, 3.8) is 0 Å². The summed E-state index contributed by atoms with van der Waals surface area (Å²) in [5, 5.41) is 5.42. The number of hydrogen-bond acceptors (Lipinski definition) is 4. The van der Waals surface area contributed by atoms with E-state index in [1.54, 1.807) is 6.20 Å². The van der Waals surface area contributed by atoms with Gasteiger partial charge in [-0.25, -0.2) is 4.98 Å². The number of ether oxygens (including phenoxy) is 1. The van der Waals surface area contributed by atoms with E-state index < -0.39 is 8.32 Å². The normalized spacial score (nSPS) is 20.9. The number of nitrogens with zero attached hydrogens (tertiary/aromatic N) is 1. The van der Waals surface area contributed by atoms with Gasteiger partial charge >= 0.3 is 0 Å². The first kappa shape index (κ1) is 29.4. The molecule has 3 atom stereocenters. The molecular weight excluding hydrogens is 555 g/mol. The standard InChI is InChI=1S/C30H37Cl3N2O2Si/c1-29(2,3)38(4,5)36-19-27(37-28-14-12-23(31)17-35-28)30(16-21-9-7-6-8-10-21)20-34-18-24(30)22-11-13-25(32)26(33)15-22/h6-15,17,24,27,34H,16,18-20H2,1-5H3/t24-,27-,30-/m0/s1. The first-order chi connectivity index (χ1) is 17.9. The molecule has 8 heteroatoms. The number of rotatable bonds is 9. The van der Waals surface area contributed by atoms with Gasteiger partial charge in [-0.15, -0.1) is 0 Å². The molecule has 2 aromatic carbocycles. The zero-order chi connectivity index (χ0) is 27.6. The maximum absolute atomic E-state index is 6.84. The highest BCUT2D eigenvalue weighted by Crippen LogP contribution is 2.48. The van der Waals surface area contributed by atoms with Crippen LogP contribution in [0.15, 0.2) is 66.9 Å². The van der Waals surface area contributed by atoms with Crippen LogP contribution in [0.1, 0.15) is 37.8 Å². The minimum Gasteiger partial charge on any atom is -0.471 e. The van der Waals surface area contributed by atoms with E-state index in [-0.39, 0.29) is 22.5 Å². The minimum absolute atomic E-state index is 0.0691. The number of nitrogens with one attached hydrogen (secondary N) is 1. The van der Waals surface area contributed by atoms with Crippen LogP contribution in [0.3, 0.4) is 0 Å². The lowest BCUT2D eigenvalue weighted by Crippen LogP contribution is -2.52. The molecule has 0 aliphatic carbocycles. The molecule has 2 heterocycles. The average molecular weight is 592 g/mol. The Morgan fingerprint density at radius 1 is 1.03 bits per heavy atom. The van der Waals surface area contributed by atoms with E-state index in [0.717, 1.165) is 25.1 Å². The van der Waals surface area contributed by atoms with E-state index in [2.05, 4.69) is 74.5 Å². The summed E-state index contributed by atoms with van der Waals surface area (Å²) in [4.78, 5) is 4.49. The van der Waals surface area contributed by atoms with Gasteiger partial charge in [0.2, 0.25) is 5.88 Å². The van der Waals surface area contributed by atoms with Crippen molar-refractivity contribution in [2.45, 2.75) is 57.3 Å². The van der Waals surface area contributed by atoms with E-state index in [0.29, 0.717) is 27.6 Å². The smallest absolute Gasteiger partial charge is 0.213 e. The molecule has 38 heavy (non-hydrogen) atoms. The molecule has 1 aromatic heterocycles. The fourth-order valence-electron chi connectivity index (χ4n) is 4.96. The number of hydrogen-bond donors (Lipinski definition) is 1. The number of aromatic nitrogens is 1. The van der Waals surface area contributed by atoms with Crippen molar-refractivity contribution in [3.8, 4) is 5.88 Å². The molecule has 1 saturated heterocycles. The van der Waals surface area contributed by atoms with Gasteiger partial charge in [-0.05, 0) is 53.9 Å². The van der Waals surface area contributed by atoms with Crippen molar-refractivity contribution in [1.29, 1.82) is 0 Å². The van der Waals surface area contributed by atoms with Gasteiger partial charge in [0, 0.05) is 36.7 Å². The van der Waals surface area contributed by atoms with E-state index in [1.165, 1.54) is 5.56 Å². The summed E-state index contributed by atoms with van der Waals surface area (Å²) in [5.41, 5.74) is 2.03. The summed E-state index contributed by atoms with van der Waals surface area (Å²) in [6.07, 6.45) is 2.13. The SMILES string of the molecule is CC(C)(C)[Si](C)(C)OC[C@H](Oc1ccc(Cl)cn1)[C@@]1(Cc2ccccc2)CNC[C@H]1c1ccc(Cl)c(Cl)c1. The van der Waals surface area contributed by atoms with Crippen molar-refractivity contribution in [1.82, 2.24) is 10.3 Å². The van der Waals surface area contributed by atoms with Crippen LogP contribution in [-0.4, -0.2) is 39.1 Å². The summed E-state index contributed by atoms with van der Waals surface area (Å²) < 4.78 is 13.6. The molecule has 0 bridgehead atoms. The van der Waals surface area contributed by atoms with Crippen LogP contribution in [-0.2, 0) is 10.8 Å². The maximum atomic E-state index is 6.84. The lowest BCUT2D eigenvalue weighted by Gasteiger charge is -2.44. The highest BCUT2D eigenvalue weighted by molar-refractivity contribution is 6.74. The third kappa shape index (κ3) is 6.57. The maximum Gasteiger partial charge on any atom is 0.213 e. The fraction of sp³-hybridized carbons (Fsp3) is 0.433. The van der Waals surface area contributed by atoms with E-state index in [1.807, 2.05) is 30.3 Å². The fourth-order valence-corrected chi connectivity index (χ4v) is 6.38. The molecule has 1 aliphatic heterocycles. The van der Waals surface area contributed by atoms with E-state index in [4.69, 9.17) is 44.0 Å². The molecular formula is C30H37Cl3N2O2Si. The van der Waals surface area contributed by atoms with Crippen LogP contribution in [0.2, 0.25) is 33.2 Å². The van der Waals surface area contributed by atoms with Gasteiger partial charge in [0.25, 0.3) is 0 Å². The van der Waals surface area contributed by atoms with Crippen molar-refractivity contribution in [2.75, 3.05) is 19.7 Å². The minimum atomic E-state index is -2.07. The van der Waals surface area contributed by atoms with Crippen LogP contribution in [0.4, 0.5) is 0 Å². The van der Waals surface area contributed by atoms with Crippen molar-refractivity contribution >= 4 is 43.1 Å². The molecule has 1 fully saturated rings. The first-order valence-electron chi connectivity index (χ1n) is 13.0. The molecule has 0 spiro atoms. The van der Waals surface area contributed by atoms with Gasteiger partial charge in [-0.2, -0.15) is 0 Å². The summed E-state index contributed by atoms with van der Waals surface area (Å²) >= 11 is 19.0. The van der Waals surface area contributed by atoms with Crippen LogP contribution < -0.4 is 10.1 Å². The molecule has 4 nitrogen and oxygen atoms in total. The van der Waals surface area contributed by atoms with Crippen LogP contribution in [0.5, 0.6) is 5.88 Å². The van der Waals surface area contributed by atoms with Gasteiger partial charge in [-0.1, -0.05) is 92.0 Å². The average Bonchev–Trinajstić information content (AvgIpc) is 3.29. The molecule has 0 radical (unpaired) electrons. The summed E-state index contributed by atoms with van der Waals surface area (Å²) in [6, 6.07) is 20.2. The van der Waals surface area contributed by atoms with Crippen molar-refractivity contribution < 1.29 is 9.16 Å². The van der Waals surface area contributed by atoms with Gasteiger partial charge in [0.1, 0.15) is 6.10 Å². The van der Waals surface area contributed by atoms with Gasteiger partial charge in [0.05, 0.1) is 21.7 Å². The lowest BCUT2D eigenvalue weighted by atomic mass is 9.67. The number of pyridine rings is 1. The van der Waals surface area contributed by atoms with E-state index in [9.17, 15) is 0 Å². The van der Waals surface area contributed by atoms with Crippen LogP contribution in [0, 0.1) is 5.41 Å². The molecule has 0 amide bonds. The Bertz CT molecular complexity index is 1220. The molecule has 1 aliphatic rings. The first-order valence-corrected chi connectivity index (χ1v) is 17.1. The Morgan fingerprint density at radius 2 is 1.76 bits per heavy atom. The second kappa shape index (κ2) is 11.9. The Morgan fingerprint density at radius 3 is 2.39 bits per heavy atom. The monoisotopic (exact) mass is 590 g/mol. The molecule has 3 aromatic rings. The summed E-state index contributed by atoms with van der Waals surface area (Å²) in [5.74, 6) is 0.642. The lowest BCUT2D eigenvalue weighted by molar-refractivity contribution is 0.00453. The second-order valence-corrected chi connectivity index (χ2v) is 17.8. The summed E-state index contributed by atoms with van der Waals surface area (Å²) in [7, 11) is -2.07. The van der Waals surface area contributed by atoms with Crippen molar-refractivity contribution in [2.24, 2.45) is 5.41 Å². The second-order valence-electron chi connectivity index (χ2n) is 11.7. The van der Waals surface area contributed by atoms with Crippen LogP contribution in [0.25, 0.3) is 0 Å². The number of benzene rings is 2. The predicted molar refractivity (Wildman–Crippen MR) is 161 cm³/mol. The molecule has 0 saturated carbocycles. The van der Waals surface area contributed by atoms with Crippen molar-refractivity contribution in [3.05, 3.63) is 93.1 Å². The van der Waals surface area contributed by atoms with E-state index >= 15 is 0 Å². The molecule has 204 valence electrons. The Balaban J connectivity index is 1.81. The Hall–Kier alpha value is -1.60. The Labute approximate surface area is 243 Å². The molecule has 0 unspecified atom stereocenters. The highest BCUT2D eigenvalue weighted by Gasteiger charge is 2.52. The molecule has 4 rings (SSSR count). The third-order valence-corrected chi connectivity index (χ3v) is 13.7. The van der Waals surface area contributed by atoms with Crippen LogP contribution >= 0.6 is 34.8 Å². The summed E-state index contributed by atoms with van der Waals surface area (Å²) in [6.45, 7) is 13.3. The quantitative estimate of drug-likeness (QED) is 0.254. The zero-order valence-corrected chi connectivity index (χ0v) is 26.0. The largest absolute Gasteiger partial charge is 0.471 e. The molecule has 1 N–H and O–H groups in total. The van der Waals surface area contributed by atoms with Gasteiger partial charge in [-0.3, -0.25) is 0 Å². The zero-order valence-electron chi connectivity index (χ0n) is 22.7. The Kier molecular flexibility index (Phi) is 9.18. The highest BCUT2D eigenvalue weighted by atomic mass is 35.5. The van der Waals surface area contributed by atoms with Gasteiger partial charge < -0.3 is 14.5 Å². The topological polar surface area (TPSA) is 43.4 Å². The number of halogens is 3.